The molecular weight excluding hydrogens is 252 g/mol. The molecule has 0 aliphatic rings. The topological polar surface area (TPSA) is 93.0 Å². The van der Waals surface area contributed by atoms with E-state index in [4.69, 9.17) is 10.8 Å². The van der Waals surface area contributed by atoms with Gasteiger partial charge >= 0.3 is 5.97 Å². The molecule has 0 spiro atoms. The summed E-state index contributed by atoms with van der Waals surface area (Å²) >= 11 is 1.35. The first-order chi connectivity index (χ1) is 8.56. The zero-order chi connectivity index (χ0) is 12.9. The molecule has 18 heavy (non-hydrogen) atoms. The summed E-state index contributed by atoms with van der Waals surface area (Å²) in [6, 6.07) is 4.68. The van der Waals surface area contributed by atoms with Crippen molar-refractivity contribution >= 4 is 43.9 Å². The molecule has 0 saturated carbocycles. The maximum atomic E-state index is 10.9. The highest BCUT2D eigenvalue weighted by molar-refractivity contribution is 7.21. The van der Waals surface area contributed by atoms with Gasteiger partial charge in [0.05, 0.1) is 12.6 Å². The van der Waals surface area contributed by atoms with Gasteiger partial charge in [-0.15, -0.1) is 0 Å². The van der Waals surface area contributed by atoms with Crippen molar-refractivity contribution in [1.82, 2.24) is 9.97 Å². The highest BCUT2D eigenvalue weighted by Crippen LogP contribution is 2.21. The average molecular weight is 261 g/mol. The fraction of sp³-hybridized carbons (Fsp3) is 0.0909. The smallest absolute Gasteiger partial charge is 0.335 e. The summed E-state index contributed by atoms with van der Waals surface area (Å²) in [6.45, 7) is 0. The van der Waals surface area contributed by atoms with E-state index in [2.05, 4.69) is 9.97 Å². The Morgan fingerprint density at radius 1 is 1.39 bits per heavy atom. The fourth-order valence-electron chi connectivity index (χ4n) is 1.72. The Labute approximate surface area is 105 Å². The standard InChI is InChI=1S/C11H8N4O2S/c1-15-8-9(18-11(15)12)14-6-3-2-5(10(16)17)4-7(6)13-8/h2-4,12H,1H3,(H,16,17)/p+1. The first kappa shape index (κ1) is 10.8. The van der Waals surface area contributed by atoms with Gasteiger partial charge in [-0.2, -0.15) is 0 Å². The number of nitrogens with two attached hydrogens (primary N) is 1. The first-order valence-corrected chi connectivity index (χ1v) is 5.97. The first-order valence-electron chi connectivity index (χ1n) is 5.15. The average Bonchev–Trinajstić information content (AvgIpc) is 2.61. The van der Waals surface area contributed by atoms with Gasteiger partial charge in [0.25, 0.3) is 10.8 Å². The number of aromatic carboxylic acids is 1. The molecule has 7 heteroatoms. The van der Waals surface area contributed by atoms with Crippen LogP contribution >= 0.6 is 11.3 Å². The van der Waals surface area contributed by atoms with E-state index in [1.54, 1.807) is 17.7 Å². The lowest BCUT2D eigenvalue weighted by atomic mass is 10.2. The lowest BCUT2D eigenvalue weighted by molar-refractivity contribution is -0.628. The van der Waals surface area contributed by atoms with Crippen LogP contribution in [0.25, 0.3) is 21.5 Å². The number of rotatable bonds is 1. The largest absolute Gasteiger partial charge is 0.478 e. The maximum Gasteiger partial charge on any atom is 0.335 e. The molecule has 0 atom stereocenters. The van der Waals surface area contributed by atoms with Gasteiger partial charge in [-0.3, -0.25) is 0 Å². The summed E-state index contributed by atoms with van der Waals surface area (Å²) in [5, 5.41) is 9.55. The molecule has 90 valence electrons. The van der Waals surface area contributed by atoms with Crippen LogP contribution < -0.4 is 10.3 Å². The number of nitrogen functional groups attached to an aromatic ring is 1. The molecule has 0 aliphatic carbocycles. The molecule has 3 aromatic rings. The molecule has 6 nitrogen and oxygen atoms in total. The number of benzene rings is 1. The van der Waals surface area contributed by atoms with E-state index in [1.165, 1.54) is 23.5 Å². The Hall–Kier alpha value is -2.28. The van der Waals surface area contributed by atoms with Gasteiger partial charge in [0, 0.05) is 0 Å². The summed E-state index contributed by atoms with van der Waals surface area (Å²) in [4.78, 5) is 20.5. The maximum absolute atomic E-state index is 10.9. The summed E-state index contributed by atoms with van der Waals surface area (Å²) in [7, 11) is 1.80. The van der Waals surface area contributed by atoms with Crippen molar-refractivity contribution in [2.24, 2.45) is 7.05 Å². The van der Waals surface area contributed by atoms with E-state index < -0.39 is 5.97 Å². The zero-order valence-corrected chi connectivity index (χ0v) is 10.2. The van der Waals surface area contributed by atoms with E-state index >= 15 is 0 Å². The van der Waals surface area contributed by atoms with Gasteiger partial charge in [-0.1, -0.05) is 4.98 Å². The van der Waals surface area contributed by atoms with Gasteiger partial charge < -0.3 is 10.8 Å². The highest BCUT2D eigenvalue weighted by Gasteiger charge is 2.16. The van der Waals surface area contributed by atoms with E-state index in [-0.39, 0.29) is 5.56 Å². The second-order valence-corrected chi connectivity index (χ2v) is 4.87. The minimum absolute atomic E-state index is 0.196. The van der Waals surface area contributed by atoms with Crippen molar-refractivity contribution < 1.29 is 14.5 Å². The minimum atomic E-state index is -0.979. The van der Waals surface area contributed by atoms with Crippen molar-refractivity contribution in [1.29, 1.82) is 0 Å². The highest BCUT2D eigenvalue weighted by atomic mass is 32.1. The van der Waals surface area contributed by atoms with Crippen LogP contribution in [0.4, 0.5) is 5.13 Å². The predicted molar refractivity (Wildman–Crippen MR) is 67.5 cm³/mol. The zero-order valence-electron chi connectivity index (χ0n) is 9.41. The number of anilines is 1. The number of aromatic nitrogens is 3. The predicted octanol–water partition coefficient (Wildman–Crippen LogP) is 0.949. The molecule has 0 fully saturated rings. The van der Waals surface area contributed by atoms with Crippen molar-refractivity contribution in [2.75, 3.05) is 5.73 Å². The second-order valence-electron chi connectivity index (χ2n) is 3.86. The molecule has 0 bridgehead atoms. The third-order valence-corrected chi connectivity index (χ3v) is 3.66. The Morgan fingerprint density at radius 3 is 2.89 bits per heavy atom. The van der Waals surface area contributed by atoms with Crippen LogP contribution in [0.2, 0.25) is 0 Å². The van der Waals surface area contributed by atoms with E-state index in [0.29, 0.717) is 21.8 Å². The number of carbonyl (C=O) groups is 1. The Kier molecular flexibility index (Phi) is 2.17. The molecule has 3 N–H and O–H groups in total. The van der Waals surface area contributed by atoms with Crippen LogP contribution in [0, 0.1) is 0 Å². The van der Waals surface area contributed by atoms with Crippen molar-refractivity contribution in [2.45, 2.75) is 0 Å². The van der Waals surface area contributed by atoms with Crippen molar-refractivity contribution in [3.8, 4) is 0 Å². The number of nitrogens with zero attached hydrogens (tertiary/aromatic N) is 3. The van der Waals surface area contributed by atoms with Crippen LogP contribution in [0.15, 0.2) is 18.2 Å². The van der Waals surface area contributed by atoms with E-state index in [1.807, 2.05) is 0 Å². The Bertz CT molecular complexity index is 796. The molecule has 0 amide bonds. The lowest BCUT2D eigenvalue weighted by Gasteiger charge is -1.96. The fourth-order valence-corrected chi connectivity index (χ4v) is 2.56. The molecule has 2 aromatic heterocycles. The third-order valence-electron chi connectivity index (χ3n) is 2.71. The molecule has 3 rings (SSSR count). The van der Waals surface area contributed by atoms with Crippen LogP contribution in [0.1, 0.15) is 10.4 Å². The summed E-state index contributed by atoms with van der Waals surface area (Å²) in [5.74, 6) is -0.979. The van der Waals surface area contributed by atoms with Gasteiger partial charge in [0.1, 0.15) is 5.52 Å². The molecule has 2 heterocycles. The van der Waals surface area contributed by atoms with Crippen LogP contribution in [0.5, 0.6) is 0 Å². The van der Waals surface area contributed by atoms with Crippen LogP contribution in [-0.2, 0) is 7.05 Å². The van der Waals surface area contributed by atoms with Crippen LogP contribution in [-0.4, -0.2) is 21.0 Å². The number of aryl methyl sites for hydroxylation is 1. The number of hydrogen-bond donors (Lipinski definition) is 2. The molecular formula is C11H9N4O2S+. The molecule has 0 unspecified atom stereocenters. The van der Waals surface area contributed by atoms with Gasteiger partial charge in [-0.25, -0.2) is 14.3 Å². The summed E-state index contributed by atoms with van der Waals surface area (Å²) in [6.07, 6.45) is 0. The SMILES string of the molecule is C[n+]1c(N)sc2nc3ccc(C(=O)O)cc3nc21. The molecule has 1 aromatic carbocycles. The van der Waals surface area contributed by atoms with Gasteiger partial charge in [0.2, 0.25) is 0 Å². The molecule has 0 radical (unpaired) electrons. The van der Waals surface area contributed by atoms with Crippen LogP contribution in [0.3, 0.4) is 0 Å². The Balaban J connectivity index is 2.38. The monoisotopic (exact) mass is 261 g/mol. The number of thiazole rings is 1. The van der Waals surface area contributed by atoms with E-state index in [0.717, 1.165) is 4.83 Å². The quantitative estimate of drug-likeness (QED) is 0.636. The lowest BCUT2D eigenvalue weighted by Crippen LogP contribution is -2.30. The normalized spacial score (nSPS) is 11.2. The van der Waals surface area contributed by atoms with Crippen molar-refractivity contribution in [3.63, 3.8) is 0 Å². The number of hydrogen-bond acceptors (Lipinski definition) is 5. The van der Waals surface area contributed by atoms with E-state index in [9.17, 15) is 4.79 Å². The van der Waals surface area contributed by atoms with Crippen molar-refractivity contribution in [3.05, 3.63) is 23.8 Å². The van der Waals surface area contributed by atoms with Gasteiger partial charge in [-0.05, 0) is 29.5 Å². The summed E-state index contributed by atoms with van der Waals surface area (Å²) < 4.78 is 1.74. The Morgan fingerprint density at radius 2 is 2.17 bits per heavy atom. The molecule has 0 aliphatic heterocycles. The number of carboxylic acid groups (broad SMARTS) is 1. The second kappa shape index (κ2) is 3.61. The molecule has 0 saturated heterocycles. The van der Waals surface area contributed by atoms with Gasteiger partial charge in [0.15, 0.2) is 10.3 Å². The number of carboxylic acids is 1. The minimum Gasteiger partial charge on any atom is -0.478 e. The number of fused-ring (bicyclic) bond motifs is 2. The summed E-state index contributed by atoms with van der Waals surface area (Å²) in [5.41, 5.74) is 7.87. The third kappa shape index (κ3) is 1.48.